The number of carbonyl (C=O) groups is 1. The minimum Gasteiger partial charge on any atom is -0.477 e. The van der Waals surface area contributed by atoms with Crippen LogP contribution < -0.4 is 0 Å². The van der Waals surface area contributed by atoms with E-state index >= 15 is 0 Å². The van der Waals surface area contributed by atoms with Crippen molar-refractivity contribution < 1.29 is 9.90 Å². The molecule has 0 radical (unpaired) electrons. The second-order valence-corrected chi connectivity index (χ2v) is 7.22. The molecule has 4 rings (SSSR count). The number of unbranched alkanes of at least 4 members (excludes halogenated alkanes) is 1. The van der Waals surface area contributed by atoms with Gasteiger partial charge in [-0.2, -0.15) is 5.26 Å². The number of carboxylic acids is 1. The zero-order chi connectivity index (χ0) is 21.1. The Morgan fingerprint density at radius 1 is 1.17 bits per heavy atom. The number of imidazole rings is 1. The predicted octanol–water partition coefficient (Wildman–Crippen LogP) is 4.79. The molecule has 0 aliphatic rings. The number of para-hydroxylation sites is 1. The summed E-state index contributed by atoms with van der Waals surface area (Å²) in [6.07, 6.45) is 6.13. The highest BCUT2D eigenvalue weighted by Gasteiger charge is 2.17. The second kappa shape index (κ2) is 8.26. The molecule has 0 fully saturated rings. The van der Waals surface area contributed by atoms with Gasteiger partial charge in [0.1, 0.15) is 17.6 Å². The number of carboxylic acid groups (broad SMARTS) is 1. The van der Waals surface area contributed by atoms with Crippen LogP contribution in [-0.2, 0) is 13.0 Å². The Labute approximate surface area is 174 Å². The quantitative estimate of drug-likeness (QED) is 0.485. The van der Waals surface area contributed by atoms with E-state index in [0.29, 0.717) is 12.1 Å². The van der Waals surface area contributed by atoms with Gasteiger partial charge in [0.05, 0.1) is 29.5 Å². The number of aromatic carboxylic acids is 1. The summed E-state index contributed by atoms with van der Waals surface area (Å²) in [5.74, 6) is -0.182. The Morgan fingerprint density at radius 2 is 2.00 bits per heavy atom. The molecule has 4 aromatic rings. The van der Waals surface area contributed by atoms with Crippen molar-refractivity contribution in [3.05, 3.63) is 83.6 Å². The van der Waals surface area contributed by atoms with E-state index in [1.807, 2.05) is 53.2 Å². The maximum Gasteiger partial charge on any atom is 0.354 e. The van der Waals surface area contributed by atoms with Crippen molar-refractivity contribution in [1.82, 2.24) is 14.1 Å². The zero-order valence-corrected chi connectivity index (χ0v) is 16.7. The number of hydrogen-bond donors (Lipinski definition) is 1. The predicted molar refractivity (Wildman–Crippen MR) is 115 cm³/mol. The van der Waals surface area contributed by atoms with Crippen molar-refractivity contribution in [2.24, 2.45) is 0 Å². The van der Waals surface area contributed by atoms with Gasteiger partial charge in [-0.3, -0.25) is 0 Å². The van der Waals surface area contributed by atoms with Crippen molar-refractivity contribution in [2.75, 3.05) is 0 Å². The van der Waals surface area contributed by atoms with Crippen LogP contribution in [0.2, 0.25) is 0 Å². The summed E-state index contributed by atoms with van der Waals surface area (Å²) in [6.45, 7) is 2.54. The Bertz CT molecular complexity index is 1260. The van der Waals surface area contributed by atoms with Crippen LogP contribution in [0.15, 0.2) is 60.9 Å². The Hall–Kier alpha value is -3.85. The lowest BCUT2D eigenvalue weighted by atomic mass is 10.1. The maximum absolute atomic E-state index is 11.7. The fourth-order valence-corrected chi connectivity index (χ4v) is 3.82. The van der Waals surface area contributed by atoms with E-state index in [-0.39, 0.29) is 5.69 Å². The highest BCUT2D eigenvalue weighted by Crippen LogP contribution is 2.26. The summed E-state index contributed by atoms with van der Waals surface area (Å²) in [7, 11) is 0. The summed E-state index contributed by atoms with van der Waals surface area (Å²) in [5.41, 5.74) is 3.61. The molecule has 0 saturated heterocycles. The molecule has 0 saturated carbocycles. The number of nitriles is 1. The number of rotatable bonds is 7. The van der Waals surface area contributed by atoms with Crippen LogP contribution in [-0.4, -0.2) is 25.2 Å². The molecule has 0 atom stereocenters. The van der Waals surface area contributed by atoms with Gasteiger partial charge in [-0.1, -0.05) is 37.6 Å². The zero-order valence-electron chi connectivity index (χ0n) is 16.7. The fraction of sp³-hybridized carbons (Fsp3) is 0.208. The first-order chi connectivity index (χ1) is 14.6. The molecule has 150 valence electrons. The van der Waals surface area contributed by atoms with Crippen LogP contribution in [0.4, 0.5) is 0 Å². The Kier molecular flexibility index (Phi) is 5.36. The Balaban J connectivity index is 1.79. The van der Waals surface area contributed by atoms with E-state index in [1.165, 1.54) is 6.20 Å². The minimum atomic E-state index is -0.974. The highest BCUT2D eigenvalue weighted by atomic mass is 16.4. The topological polar surface area (TPSA) is 83.8 Å². The monoisotopic (exact) mass is 398 g/mol. The third kappa shape index (κ3) is 3.46. The molecule has 2 aromatic heterocycles. The molecule has 0 aliphatic carbocycles. The van der Waals surface area contributed by atoms with Crippen LogP contribution in [0, 0.1) is 11.3 Å². The summed E-state index contributed by atoms with van der Waals surface area (Å²) in [6, 6.07) is 17.7. The van der Waals surface area contributed by atoms with E-state index in [0.717, 1.165) is 47.2 Å². The first-order valence-electron chi connectivity index (χ1n) is 10.00. The molecule has 1 N–H and O–H groups in total. The van der Waals surface area contributed by atoms with E-state index in [4.69, 9.17) is 0 Å². The van der Waals surface area contributed by atoms with Gasteiger partial charge in [-0.05, 0) is 36.2 Å². The largest absolute Gasteiger partial charge is 0.477 e. The van der Waals surface area contributed by atoms with Crippen LogP contribution in [0.25, 0.3) is 16.6 Å². The third-order valence-electron chi connectivity index (χ3n) is 5.35. The number of fused-ring (bicyclic) bond motifs is 1. The third-order valence-corrected chi connectivity index (χ3v) is 5.35. The lowest BCUT2D eigenvalue weighted by molar-refractivity contribution is 0.0685. The van der Waals surface area contributed by atoms with E-state index in [9.17, 15) is 15.2 Å². The lowest BCUT2D eigenvalue weighted by Gasteiger charge is -2.12. The number of hydrogen-bond acceptors (Lipinski definition) is 3. The van der Waals surface area contributed by atoms with Gasteiger partial charge in [0.15, 0.2) is 0 Å². The minimum absolute atomic E-state index is 0.201. The van der Waals surface area contributed by atoms with Crippen LogP contribution in [0.3, 0.4) is 0 Å². The van der Waals surface area contributed by atoms with E-state index < -0.39 is 5.97 Å². The van der Waals surface area contributed by atoms with Gasteiger partial charge in [0.25, 0.3) is 0 Å². The second-order valence-electron chi connectivity index (χ2n) is 7.22. The van der Waals surface area contributed by atoms with Crippen molar-refractivity contribution in [3.63, 3.8) is 0 Å². The average molecular weight is 398 g/mol. The maximum atomic E-state index is 11.7. The Morgan fingerprint density at radius 3 is 2.77 bits per heavy atom. The molecule has 6 heteroatoms. The molecule has 0 amide bonds. The van der Waals surface area contributed by atoms with Gasteiger partial charge >= 0.3 is 5.97 Å². The standard InChI is InChI=1S/C24H22N4O2/c1-2-3-11-23-26-15-22(24(29)30)28(23)16-18-8-6-10-21-19(18)12-13-27(21)20-9-5-4-7-17(20)14-25/h4-10,12-13,15H,2-3,11,16H2,1H3,(H,29,30). The van der Waals surface area contributed by atoms with Crippen molar-refractivity contribution >= 4 is 16.9 Å². The van der Waals surface area contributed by atoms with Gasteiger partial charge in [-0.15, -0.1) is 0 Å². The van der Waals surface area contributed by atoms with Gasteiger partial charge in [-0.25, -0.2) is 9.78 Å². The van der Waals surface area contributed by atoms with Gasteiger partial charge in [0, 0.05) is 18.0 Å². The SMILES string of the molecule is CCCCc1ncc(C(=O)O)n1Cc1cccc2c1ccn2-c1ccccc1C#N. The molecule has 0 aliphatic heterocycles. The number of nitrogens with zero attached hydrogens (tertiary/aromatic N) is 4. The number of aromatic nitrogens is 3. The molecular formula is C24H22N4O2. The summed E-state index contributed by atoms with van der Waals surface area (Å²) in [4.78, 5) is 16.1. The van der Waals surface area contributed by atoms with Crippen molar-refractivity contribution in [1.29, 1.82) is 5.26 Å². The molecule has 30 heavy (non-hydrogen) atoms. The van der Waals surface area contributed by atoms with Crippen molar-refractivity contribution in [2.45, 2.75) is 32.7 Å². The van der Waals surface area contributed by atoms with E-state index in [2.05, 4.69) is 18.0 Å². The molecule has 0 spiro atoms. The number of benzene rings is 2. The molecule has 6 nitrogen and oxygen atoms in total. The highest BCUT2D eigenvalue weighted by molar-refractivity contribution is 5.87. The normalized spacial score (nSPS) is 10.9. The lowest BCUT2D eigenvalue weighted by Crippen LogP contribution is -2.13. The molecule has 2 aromatic carbocycles. The van der Waals surface area contributed by atoms with Gasteiger partial charge in [0.2, 0.25) is 0 Å². The van der Waals surface area contributed by atoms with Crippen molar-refractivity contribution in [3.8, 4) is 11.8 Å². The first kappa shape index (κ1) is 19.5. The van der Waals surface area contributed by atoms with Crippen LogP contribution in [0.1, 0.15) is 47.2 Å². The summed E-state index contributed by atoms with van der Waals surface area (Å²) < 4.78 is 3.80. The molecule has 0 unspecified atom stereocenters. The summed E-state index contributed by atoms with van der Waals surface area (Å²) >= 11 is 0. The number of aryl methyl sites for hydroxylation is 1. The first-order valence-corrected chi connectivity index (χ1v) is 10.00. The van der Waals surface area contributed by atoms with Gasteiger partial charge < -0.3 is 14.2 Å². The molecule has 2 heterocycles. The molecule has 0 bridgehead atoms. The fourth-order valence-electron chi connectivity index (χ4n) is 3.82. The van der Waals surface area contributed by atoms with Crippen LogP contribution in [0.5, 0.6) is 0 Å². The van der Waals surface area contributed by atoms with E-state index in [1.54, 1.807) is 10.6 Å². The molecular weight excluding hydrogens is 376 g/mol. The smallest absolute Gasteiger partial charge is 0.354 e. The van der Waals surface area contributed by atoms with Crippen LogP contribution >= 0.6 is 0 Å². The summed E-state index contributed by atoms with van der Waals surface area (Å²) in [5, 5.41) is 20.1. The average Bonchev–Trinajstić information content (AvgIpc) is 3.37.